The fraction of sp³-hybridized carbons (Fsp3) is 0.455. The van der Waals surface area contributed by atoms with Crippen molar-refractivity contribution in [3.8, 4) is 11.5 Å². The molecule has 0 bridgehead atoms. The number of benzene rings is 1. The number of aromatic nitrogens is 1. The predicted octanol–water partition coefficient (Wildman–Crippen LogP) is 2.87. The van der Waals surface area contributed by atoms with Gasteiger partial charge in [-0.3, -0.25) is 9.69 Å². The minimum absolute atomic E-state index is 0.105. The van der Waals surface area contributed by atoms with E-state index in [9.17, 15) is 4.79 Å². The molecule has 1 aromatic carbocycles. The number of amides is 1. The maximum atomic E-state index is 12.0. The summed E-state index contributed by atoms with van der Waals surface area (Å²) >= 11 is 0. The van der Waals surface area contributed by atoms with Crippen LogP contribution in [0.15, 0.2) is 36.5 Å². The van der Waals surface area contributed by atoms with Gasteiger partial charge in [-0.1, -0.05) is 12.5 Å². The molecule has 3 heterocycles. The second kappa shape index (κ2) is 7.91. The zero-order valence-electron chi connectivity index (χ0n) is 16.5. The van der Waals surface area contributed by atoms with Gasteiger partial charge in [-0.05, 0) is 42.7 Å². The highest BCUT2D eigenvalue weighted by molar-refractivity contribution is 5.92. The Morgan fingerprint density at radius 1 is 1.07 bits per heavy atom. The van der Waals surface area contributed by atoms with Crippen LogP contribution < -0.4 is 19.7 Å². The van der Waals surface area contributed by atoms with Gasteiger partial charge in [-0.2, -0.15) is 0 Å². The number of pyridine rings is 1. The summed E-state index contributed by atoms with van der Waals surface area (Å²) in [5.74, 6) is 2.60. The summed E-state index contributed by atoms with van der Waals surface area (Å²) in [4.78, 5) is 21.3. The molecule has 2 fully saturated rings. The third-order valence-electron chi connectivity index (χ3n) is 6.06. The summed E-state index contributed by atoms with van der Waals surface area (Å²) in [6.07, 6.45) is 5.02. The van der Waals surface area contributed by atoms with Crippen molar-refractivity contribution < 1.29 is 14.3 Å². The number of rotatable bonds is 5. The number of piperazine rings is 1. The van der Waals surface area contributed by atoms with Crippen molar-refractivity contribution in [3.05, 3.63) is 42.1 Å². The molecule has 3 aliphatic rings. The highest BCUT2D eigenvalue weighted by Gasteiger charge is 2.25. The summed E-state index contributed by atoms with van der Waals surface area (Å²) in [6, 6.07) is 10.1. The van der Waals surface area contributed by atoms with Gasteiger partial charge in [-0.15, -0.1) is 0 Å². The van der Waals surface area contributed by atoms with E-state index >= 15 is 0 Å². The Hall–Kier alpha value is -2.80. The van der Waals surface area contributed by atoms with Crippen molar-refractivity contribution in [3.63, 3.8) is 0 Å². The van der Waals surface area contributed by atoms with Crippen molar-refractivity contribution in [2.24, 2.45) is 5.92 Å². The molecule has 0 radical (unpaired) electrons. The molecular formula is C22H26N4O3. The van der Waals surface area contributed by atoms with E-state index in [0.717, 1.165) is 69.2 Å². The zero-order valence-corrected chi connectivity index (χ0v) is 16.5. The van der Waals surface area contributed by atoms with E-state index in [2.05, 4.69) is 38.3 Å². The van der Waals surface area contributed by atoms with Gasteiger partial charge in [0.2, 0.25) is 12.7 Å². The molecule has 2 aliphatic heterocycles. The van der Waals surface area contributed by atoms with Crippen LogP contribution in [0.3, 0.4) is 0 Å². The van der Waals surface area contributed by atoms with E-state index in [-0.39, 0.29) is 11.8 Å². The van der Waals surface area contributed by atoms with Crippen LogP contribution in [0.2, 0.25) is 0 Å². The van der Waals surface area contributed by atoms with Gasteiger partial charge in [0.1, 0.15) is 5.82 Å². The summed E-state index contributed by atoms with van der Waals surface area (Å²) in [5, 5.41) is 2.93. The highest BCUT2D eigenvalue weighted by Crippen LogP contribution is 2.33. The first-order valence-corrected chi connectivity index (χ1v) is 10.4. The van der Waals surface area contributed by atoms with Gasteiger partial charge in [0.05, 0.1) is 11.9 Å². The number of anilines is 2. The first kappa shape index (κ1) is 18.2. The first-order chi connectivity index (χ1) is 14.2. The average Bonchev–Trinajstić information content (AvgIpc) is 3.16. The van der Waals surface area contributed by atoms with Crippen molar-refractivity contribution >= 4 is 17.4 Å². The van der Waals surface area contributed by atoms with E-state index in [1.54, 1.807) is 0 Å². The Morgan fingerprint density at radius 3 is 2.62 bits per heavy atom. The van der Waals surface area contributed by atoms with E-state index in [4.69, 9.17) is 9.47 Å². The topological polar surface area (TPSA) is 66.9 Å². The molecule has 152 valence electrons. The molecule has 5 rings (SSSR count). The molecule has 1 saturated carbocycles. The largest absolute Gasteiger partial charge is 0.454 e. The molecule has 1 aromatic heterocycles. The molecule has 1 amide bonds. The second-order valence-corrected chi connectivity index (χ2v) is 7.97. The average molecular weight is 394 g/mol. The van der Waals surface area contributed by atoms with Crippen molar-refractivity contribution in [2.45, 2.75) is 25.8 Å². The maximum absolute atomic E-state index is 12.0. The van der Waals surface area contributed by atoms with Crippen LogP contribution in [0.25, 0.3) is 0 Å². The van der Waals surface area contributed by atoms with Crippen LogP contribution >= 0.6 is 0 Å². The summed E-state index contributed by atoms with van der Waals surface area (Å²) in [6.45, 7) is 5.13. The fourth-order valence-corrected chi connectivity index (χ4v) is 4.01. The molecule has 1 N–H and O–H groups in total. The number of hydrogen-bond donors (Lipinski definition) is 1. The SMILES string of the molecule is O=C(Nc1ccc(N2CCN(Cc3ccc4c(c3)OCO4)CC2)cn1)C1CCC1. The van der Waals surface area contributed by atoms with Gasteiger partial charge in [0.15, 0.2) is 11.5 Å². The number of fused-ring (bicyclic) bond motifs is 1. The molecule has 7 nitrogen and oxygen atoms in total. The van der Waals surface area contributed by atoms with Crippen molar-refractivity contribution in [1.82, 2.24) is 9.88 Å². The number of nitrogens with zero attached hydrogens (tertiary/aromatic N) is 3. The van der Waals surface area contributed by atoms with E-state index in [1.807, 2.05) is 18.3 Å². The lowest BCUT2D eigenvalue weighted by Gasteiger charge is -2.36. The molecule has 0 spiro atoms. The smallest absolute Gasteiger partial charge is 0.231 e. The third-order valence-corrected chi connectivity index (χ3v) is 6.06. The number of hydrogen-bond acceptors (Lipinski definition) is 6. The Balaban J connectivity index is 1.13. The summed E-state index contributed by atoms with van der Waals surface area (Å²) in [7, 11) is 0. The minimum Gasteiger partial charge on any atom is -0.454 e. The van der Waals surface area contributed by atoms with Gasteiger partial charge in [0, 0.05) is 38.6 Å². The molecule has 0 atom stereocenters. The van der Waals surface area contributed by atoms with Gasteiger partial charge in [-0.25, -0.2) is 4.98 Å². The van der Waals surface area contributed by atoms with Crippen molar-refractivity contribution in [1.29, 1.82) is 0 Å². The first-order valence-electron chi connectivity index (χ1n) is 10.4. The number of carbonyl (C=O) groups excluding carboxylic acids is 1. The minimum atomic E-state index is 0.105. The second-order valence-electron chi connectivity index (χ2n) is 7.97. The lowest BCUT2D eigenvalue weighted by molar-refractivity contribution is -0.122. The summed E-state index contributed by atoms with van der Waals surface area (Å²) < 4.78 is 10.9. The van der Waals surface area contributed by atoms with Crippen molar-refractivity contribution in [2.75, 3.05) is 43.2 Å². The number of nitrogens with one attached hydrogen (secondary N) is 1. The van der Waals surface area contributed by atoms with E-state index in [0.29, 0.717) is 12.6 Å². The number of carbonyl (C=O) groups is 1. The van der Waals surface area contributed by atoms with Crippen LogP contribution in [0, 0.1) is 5.92 Å². The Labute approximate surface area is 170 Å². The molecule has 0 unspecified atom stereocenters. The lowest BCUT2D eigenvalue weighted by atomic mass is 9.85. The number of ether oxygens (including phenoxy) is 2. The van der Waals surface area contributed by atoms with Crippen LogP contribution in [-0.2, 0) is 11.3 Å². The Bertz CT molecular complexity index is 874. The molecule has 1 aliphatic carbocycles. The predicted molar refractivity (Wildman–Crippen MR) is 110 cm³/mol. The molecule has 1 saturated heterocycles. The quantitative estimate of drug-likeness (QED) is 0.841. The highest BCUT2D eigenvalue weighted by atomic mass is 16.7. The molecule has 7 heteroatoms. The van der Waals surface area contributed by atoms with Crippen LogP contribution in [-0.4, -0.2) is 48.8 Å². The molecule has 29 heavy (non-hydrogen) atoms. The van der Waals surface area contributed by atoms with Gasteiger partial charge in [0.25, 0.3) is 0 Å². The zero-order chi connectivity index (χ0) is 19.6. The van der Waals surface area contributed by atoms with Gasteiger partial charge >= 0.3 is 0 Å². The molecular weight excluding hydrogens is 368 g/mol. The van der Waals surface area contributed by atoms with E-state index in [1.165, 1.54) is 5.56 Å². The molecule has 2 aromatic rings. The maximum Gasteiger partial charge on any atom is 0.231 e. The van der Waals surface area contributed by atoms with Crippen LogP contribution in [0.4, 0.5) is 11.5 Å². The Morgan fingerprint density at radius 2 is 1.90 bits per heavy atom. The monoisotopic (exact) mass is 394 g/mol. The fourth-order valence-electron chi connectivity index (χ4n) is 4.01. The lowest BCUT2D eigenvalue weighted by Crippen LogP contribution is -2.46. The third kappa shape index (κ3) is 4.00. The van der Waals surface area contributed by atoms with Crippen LogP contribution in [0.5, 0.6) is 11.5 Å². The Kier molecular flexibility index (Phi) is 4.97. The normalized spacial score (nSPS) is 19.1. The van der Waals surface area contributed by atoms with E-state index < -0.39 is 0 Å². The summed E-state index contributed by atoms with van der Waals surface area (Å²) in [5.41, 5.74) is 2.35. The van der Waals surface area contributed by atoms with Crippen LogP contribution in [0.1, 0.15) is 24.8 Å². The van der Waals surface area contributed by atoms with Gasteiger partial charge < -0.3 is 19.7 Å². The standard InChI is InChI=1S/C22H26N4O3/c27-22(17-2-1-3-17)24-21-7-5-18(13-23-21)26-10-8-25(9-11-26)14-16-4-6-19-20(12-16)29-15-28-19/h4-7,12-13,17H,1-3,8-11,14-15H2,(H,23,24,27).